The summed E-state index contributed by atoms with van der Waals surface area (Å²) in [7, 11) is 0. The first kappa shape index (κ1) is 20.8. The van der Waals surface area contributed by atoms with E-state index in [1.807, 2.05) is 26.0 Å². The summed E-state index contributed by atoms with van der Waals surface area (Å²) in [6.45, 7) is 4.76. The molecule has 0 unspecified atom stereocenters. The molecule has 4 aromatic rings. The second-order valence-corrected chi connectivity index (χ2v) is 8.60. The number of hydrogen-bond donors (Lipinski definition) is 1. The number of imidazole rings is 1. The van der Waals surface area contributed by atoms with Crippen molar-refractivity contribution >= 4 is 28.3 Å². The van der Waals surface area contributed by atoms with E-state index in [4.69, 9.17) is 11.6 Å². The van der Waals surface area contributed by atoms with Gasteiger partial charge in [-0.25, -0.2) is 4.98 Å². The lowest BCUT2D eigenvalue weighted by Gasteiger charge is -2.36. The lowest BCUT2D eigenvalue weighted by atomic mass is 9.97. The topological polar surface area (TPSA) is 62.6 Å². The number of halogens is 4. The van der Waals surface area contributed by atoms with Crippen molar-refractivity contribution < 1.29 is 13.2 Å². The number of aromatic nitrogens is 5. The van der Waals surface area contributed by atoms with Gasteiger partial charge in [-0.2, -0.15) is 23.4 Å². The van der Waals surface area contributed by atoms with Crippen molar-refractivity contribution in [2.24, 2.45) is 0 Å². The number of rotatable bonds is 3. The molecule has 0 aliphatic carbocycles. The first-order valence-corrected chi connectivity index (χ1v) is 10.5. The van der Waals surface area contributed by atoms with Crippen molar-refractivity contribution in [3.05, 3.63) is 64.7 Å². The molecule has 1 atom stereocenters. The quantitative estimate of drug-likeness (QED) is 0.443. The highest BCUT2D eigenvalue weighted by atomic mass is 35.5. The van der Waals surface area contributed by atoms with E-state index in [2.05, 4.69) is 31.1 Å². The molecule has 0 bridgehead atoms. The monoisotopic (exact) mass is 459 g/mol. The Kier molecular flexibility index (Phi) is 4.70. The van der Waals surface area contributed by atoms with E-state index >= 15 is 0 Å². The van der Waals surface area contributed by atoms with Crippen LogP contribution in [0.3, 0.4) is 0 Å². The van der Waals surface area contributed by atoms with Crippen LogP contribution in [0.5, 0.6) is 0 Å². The molecule has 5 rings (SSSR count). The highest BCUT2D eigenvalue weighted by Gasteiger charge is 2.42. The number of hydrogen-bond acceptors (Lipinski definition) is 4. The van der Waals surface area contributed by atoms with Crippen LogP contribution in [0.4, 0.5) is 18.9 Å². The maximum absolute atomic E-state index is 13.3. The van der Waals surface area contributed by atoms with Crippen molar-refractivity contribution in [3.63, 3.8) is 0 Å². The Morgan fingerprint density at radius 3 is 2.66 bits per heavy atom. The van der Waals surface area contributed by atoms with E-state index in [0.717, 1.165) is 36.7 Å². The van der Waals surface area contributed by atoms with Crippen LogP contribution in [0.15, 0.2) is 36.7 Å². The third-order valence-corrected chi connectivity index (χ3v) is 6.29. The summed E-state index contributed by atoms with van der Waals surface area (Å²) in [4.78, 5) is 11.5. The summed E-state index contributed by atoms with van der Waals surface area (Å²) in [5.41, 5.74) is 1.84. The van der Waals surface area contributed by atoms with Gasteiger partial charge in [0.25, 0.3) is 0 Å². The number of nitrogens with zero attached hydrogens (tertiary/aromatic N) is 5. The van der Waals surface area contributed by atoms with E-state index in [9.17, 15) is 13.2 Å². The van der Waals surface area contributed by atoms with Gasteiger partial charge in [-0.3, -0.25) is 0 Å². The smallest absolute Gasteiger partial charge is 0.357 e. The molecular formula is C22H19ClF3N6. The summed E-state index contributed by atoms with van der Waals surface area (Å²) in [5, 5.41) is 8.14. The Morgan fingerprint density at radius 1 is 1.19 bits per heavy atom. The zero-order valence-corrected chi connectivity index (χ0v) is 18.1. The normalized spacial score (nSPS) is 19.2. The van der Waals surface area contributed by atoms with Gasteiger partial charge >= 0.3 is 6.18 Å². The first-order valence-electron chi connectivity index (χ1n) is 10.1. The summed E-state index contributed by atoms with van der Waals surface area (Å²) >= 11 is 5.91. The predicted molar refractivity (Wildman–Crippen MR) is 115 cm³/mol. The van der Waals surface area contributed by atoms with Crippen LogP contribution >= 0.6 is 11.6 Å². The molecule has 2 aromatic carbocycles. The SMILES string of the molecule is Cc1c[c]c(-n2nccn2)c(N2CCC[C@@]2(C)c2nc3cc(C(F)(F)F)c(Cl)cc3[nH]2)c1. The predicted octanol–water partition coefficient (Wildman–Crippen LogP) is 5.44. The number of aromatic amines is 1. The Hall–Kier alpha value is -3.07. The highest BCUT2D eigenvalue weighted by Crippen LogP contribution is 2.44. The Morgan fingerprint density at radius 2 is 1.94 bits per heavy atom. The first-order chi connectivity index (χ1) is 15.2. The Labute approximate surface area is 187 Å². The minimum atomic E-state index is -4.54. The van der Waals surface area contributed by atoms with E-state index < -0.39 is 17.3 Å². The molecule has 1 saturated heterocycles. The average Bonchev–Trinajstić information content (AvgIpc) is 3.46. The summed E-state index contributed by atoms with van der Waals surface area (Å²) in [6, 6.07) is 9.46. The summed E-state index contributed by atoms with van der Waals surface area (Å²) in [6.07, 6.45) is 0.315. The molecule has 3 heterocycles. The number of aryl methyl sites for hydroxylation is 1. The van der Waals surface area contributed by atoms with Crippen molar-refractivity contribution in [1.29, 1.82) is 0 Å². The molecular weight excluding hydrogens is 441 g/mol. The minimum Gasteiger partial charge on any atom is -0.357 e. The van der Waals surface area contributed by atoms with Crippen LogP contribution in [-0.2, 0) is 11.7 Å². The van der Waals surface area contributed by atoms with Crippen LogP contribution in [0, 0.1) is 13.0 Å². The van der Waals surface area contributed by atoms with Crippen molar-refractivity contribution in [2.45, 2.75) is 38.4 Å². The minimum absolute atomic E-state index is 0.231. The van der Waals surface area contributed by atoms with Gasteiger partial charge in [0.05, 0.1) is 45.2 Å². The molecule has 1 fully saturated rings. The van der Waals surface area contributed by atoms with E-state index in [-0.39, 0.29) is 10.5 Å². The lowest BCUT2D eigenvalue weighted by Crippen LogP contribution is -2.40. The molecule has 1 N–H and O–H groups in total. The zero-order chi connectivity index (χ0) is 22.7. The maximum Gasteiger partial charge on any atom is 0.417 e. The molecule has 1 aliphatic rings. The molecule has 1 aliphatic heterocycles. The van der Waals surface area contributed by atoms with Crippen LogP contribution in [0.1, 0.15) is 36.7 Å². The third-order valence-electron chi connectivity index (χ3n) is 5.98. The molecule has 0 spiro atoms. The van der Waals surface area contributed by atoms with Gasteiger partial charge in [0, 0.05) is 12.6 Å². The molecule has 10 heteroatoms. The van der Waals surface area contributed by atoms with Gasteiger partial charge in [-0.05, 0) is 56.5 Å². The van der Waals surface area contributed by atoms with Crippen molar-refractivity contribution in [3.8, 4) is 5.69 Å². The second kappa shape index (κ2) is 7.23. The van der Waals surface area contributed by atoms with Crippen LogP contribution < -0.4 is 4.90 Å². The number of H-pyrrole nitrogens is 1. The Balaban J connectivity index is 1.63. The molecule has 1 radical (unpaired) electrons. The fourth-order valence-corrected chi connectivity index (χ4v) is 4.65. The molecule has 0 saturated carbocycles. The van der Waals surface area contributed by atoms with Gasteiger partial charge in [0.1, 0.15) is 11.5 Å². The summed E-state index contributed by atoms with van der Waals surface area (Å²) < 4.78 is 39.9. The van der Waals surface area contributed by atoms with Gasteiger partial charge in [-0.1, -0.05) is 11.6 Å². The number of alkyl halides is 3. The average molecular weight is 460 g/mol. The fourth-order valence-electron chi connectivity index (χ4n) is 4.38. The number of nitrogens with one attached hydrogen (secondary N) is 1. The fraction of sp³-hybridized carbons (Fsp3) is 0.318. The maximum atomic E-state index is 13.3. The highest BCUT2D eigenvalue weighted by molar-refractivity contribution is 6.32. The van der Waals surface area contributed by atoms with Gasteiger partial charge in [-0.15, -0.1) is 4.80 Å². The Bertz CT molecular complexity index is 1300. The second-order valence-electron chi connectivity index (χ2n) is 8.19. The van der Waals surface area contributed by atoms with Gasteiger partial charge < -0.3 is 9.88 Å². The van der Waals surface area contributed by atoms with E-state index in [1.54, 1.807) is 12.4 Å². The lowest BCUT2D eigenvalue weighted by molar-refractivity contribution is -0.137. The number of benzene rings is 2. The van der Waals surface area contributed by atoms with Gasteiger partial charge in [0.2, 0.25) is 0 Å². The molecule has 2 aromatic heterocycles. The van der Waals surface area contributed by atoms with Crippen LogP contribution in [0.2, 0.25) is 5.02 Å². The van der Waals surface area contributed by atoms with Crippen molar-refractivity contribution in [2.75, 3.05) is 11.4 Å². The van der Waals surface area contributed by atoms with Crippen LogP contribution in [0.25, 0.3) is 16.7 Å². The standard InChI is InChI=1S/C22H19ClF3N6/c1-13-4-5-18(32-27-7-8-28-32)19(10-13)31-9-3-6-21(31,2)20-29-16-11-14(22(24,25)26)15(23)12-17(16)30-20/h4,7-8,10-12H,3,6,9H2,1-2H3,(H,29,30)/t21-/m0/s1. The molecule has 165 valence electrons. The third kappa shape index (κ3) is 3.31. The van der Waals surface area contributed by atoms with Gasteiger partial charge in [0.15, 0.2) is 0 Å². The van der Waals surface area contributed by atoms with Crippen molar-refractivity contribution in [1.82, 2.24) is 25.0 Å². The largest absolute Gasteiger partial charge is 0.417 e. The summed E-state index contributed by atoms with van der Waals surface area (Å²) in [5.74, 6) is 0.585. The van der Waals surface area contributed by atoms with Crippen LogP contribution in [-0.4, -0.2) is 31.5 Å². The zero-order valence-electron chi connectivity index (χ0n) is 17.3. The van der Waals surface area contributed by atoms with E-state index in [1.165, 1.54) is 10.9 Å². The molecule has 32 heavy (non-hydrogen) atoms. The molecule has 0 amide bonds. The van der Waals surface area contributed by atoms with E-state index in [0.29, 0.717) is 17.0 Å². The molecule has 6 nitrogen and oxygen atoms in total. The number of fused-ring (bicyclic) bond motifs is 1. The number of anilines is 1.